The summed E-state index contributed by atoms with van der Waals surface area (Å²) in [5.74, 6) is -0.692. The van der Waals surface area contributed by atoms with Gasteiger partial charge in [0.1, 0.15) is 33.5 Å². The molecular weight excluding hydrogens is 951 g/mol. The fourth-order valence-corrected chi connectivity index (χ4v) is 7.89. The number of benzene rings is 6. The van der Waals surface area contributed by atoms with Crippen molar-refractivity contribution in [3.05, 3.63) is 108 Å². The summed E-state index contributed by atoms with van der Waals surface area (Å²) < 4.78 is 111. The minimum absolute atomic E-state index is 0.0839. The summed E-state index contributed by atoms with van der Waals surface area (Å²) in [4.78, 5) is 10.2. The van der Waals surface area contributed by atoms with Crippen molar-refractivity contribution in [3.8, 4) is 23.3 Å². The van der Waals surface area contributed by atoms with Gasteiger partial charge < -0.3 is 30.3 Å². The first-order valence-corrected chi connectivity index (χ1v) is 23.5. The van der Waals surface area contributed by atoms with Crippen molar-refractivity contribution in [3.63, 3.8) is 0 Å². The molecule has 7 rings (SSSR count). The average molecular weight is 986 g/mol. The molecule has 0 atom stereocenters. The number of phenolic OH excluding ortho intramolecular Hbond substituents is 1. The second kappa shape index (κ2) is 19.0. The van der Waals surface area contributed by atoms with Gasteiger partial charge in [-0.3, -0.25) is 13.7 Å². The van der Waals surface area contributed by atoms with Crippen molar-refractivity contribution in [2.75, 3.05) is 24.9 Å². The van der Waals surface area contributed by atoms with Crippen LogP contribution in [0.3, 0.4) is 0 Å². The first kappa shape index (κ1) is 47.9. The normalized spacial score (nSPS) is 12.3. The van der Waals surface area contributed by atoms with E-state index in [4.69, 9.17) is 9.47 Å². The van der Waals surface area contributed by atoms with E-state index in [1.807, 2.05) is 0 Å². The summed E-state index contributed by atoms with van der Waals surface area (Å²) in [6.45, 7) is 3.44. The van der Waals surface area contributed by atoms with E-state index in [-0.39, 0.29) is 50.4 Å². The number of hydrogen-bond donors (Lipinski definition) is 7. The summed E-state index contributed by atoms with van der Waals surface area (Å²) in [6.07, 6.45) is 0. The van der Waals surface area contributed by atoms with E-state index < -0.39 is 57.6 Å². The van der Waals surface area contributed by atoms with E-state index in [2.05, 4.69) is 56.3 Å². The molecule has 6 aromatic carbocycles. The van der Waals surface area contributed by atoms with Gasteiger partial charge in [-0.25, -0.2) is 0 Å². The van der Waals surface area contributed by atoms with E-state index in [9.17, 15) is 49.1 Å². The van der Waals surface area contributed by atoms with E-state index >= 15 is 0 Å². The highest BCUT2D eigenvalue weighted by Crippen LogP contribution is 2.44. The third-order valence-corrected chi connectivity index (χ3v) is 12.1. The molecule has 0 fully saturated rings. The van der Waals surface area contributed by atoms with Crippen LogP contribution in [0.5, 0.6) is 23.3 Å². The number of nitrogens with one attached hydrogen (secondary N) is 2. The first-order chi connectivity index (χ1) is 32.1. The van der Waals surface area contributed by atoms with Crippen LogP contribution in [0.2, 0.25) is 0 Å². The summed E-state index contributed by atoms with van der Waals surface area (Å²) in [6, 6.07) is 21.0. The van der Waals surface area contributed by atoms with Crippen LogP contribution in [0.15, 0.2) is 142 Å². The van der Waals surface area contributed by atoms with Gasteiger partial charge in [0.15, 0.2) is 5.75 Å². The molecule has 1 heterocycles. The van der Waals surface area contributed by atoms with E-state index in [0.29, 0.717) is 39.6 Å². The number of aromatic hydroxyl groups is 2. The van der Waals surface area contributed by atoms with Gasteiger partial charge in [0.25, 0.3) is 30.4 Å². The maximum absolute atomic E-state index is 12.7. The molecule has 0 aliphatic heterocycles. The highest BCUT2D eigenvalue weighted by molar-refractivity contribution is 7.86. The fourth-order valence-electron chi connectivity index (χ4n) is 6.22. The number of methoxy groups -OCH3 is 2. The lowest BCUT2D eigenvalue weighted by Crippen LogP contribution is -2.04. The van der Waals surface area contributed by atoms with Gasteiger partial charge in [-0.2, -0.15) is 55.5 Å². The van der Waals surface area contributed by atoms with Crippen LogP contribution in [0, 0.1) is 13.8 Å². The van der Waals surface area contributed by atoms with Crippen LogP contribution in [0.4, 0.5) is 57.4 Å². The van der Waals surface area contributed by atoms with Gasteiger partial charge in [0.05, 0.1) is 41.1 Å². The van der Waals surface area contributed by atoms with Crippen LogP contribution >= 0.6 is 0 Å². The number of hydrogen-bond acceptors (Lipinski definition) is 21. The summed E-state index contributed by atoms with van der Waals surface area (Å²) in [5.41, 5.74) is 2.40. The third kappa shape index (κ3) is 11.1. The molecule has 0 saturated heterocycles. The Morgan fingerprint density at radius 3 is 1.60 bits per heavy atom. The van der Waals surface area contributed by atoms with Gasteiger partial charge in [-0.15, -0.1) is 15.3 Å². The fraction of sp³-hybridized carbons (Fsp3) is 0.0976. The molecule has 68 heavy (non-hydrogen) atoms. The number of fused-ring (bicyclic) bond motifs is 1. The van der Waals surface area contributed by atoms with Crippen LogP contribution in [-0.4, -0.2) is 78.3 Å². The van der Waals surface area contributed by atoms with Crippen LogP contribution in [0.1, 0.15) is 11.1 Å². The van der Waals surface area contributed by atoms with Crippen LogP contribution in [0.25, 0.3) is 10.8 Å². The number of azo groups is 3. The Bertz CT molecular complexity index is 3580. The molecule has 0 amide bonds. The standard InChI is InChI=1S/C41H35N11O13S3/c1-21-14-32(34(64-3)19-30(21)48-47-24-8-11-27(12-9-24)66(55,56)57)50-49-31-20-35(65-4)33(15-22(31)2)51-52-37-36(68(61,62)63)17-23-16-26(10-13-29(23)38(37)53)43-40-44-39(45-41(54)46-40)42-25-6-5-7-28(18-25)67(58,59)60/h5-20,53H,1-4H3,(H,55,56,57)(H,58,59,60)(H,61,62,63)(H3,42,43,44,45,46,54). The molecule has 0 radical (unpaired) electrons. The van der Waals surface area contributed by atoms with Gasteiger partial charge in [0.2, 0.25) is 11.9 Å². The lowest BCUT2D eigenvalue weighted by Gasteiger charge is -2.12. The van der Waals surface area contributed by atoms with Gasteiger partial charge >= 0.3 is 6.01 Å². The molecule has 0 unspecified atom stereocenters. The molecule has 1 aromatic heterocycles. The Morgan fingerprint density at radius 1 is 0.529 bits per heavy atom. The zero-order chi connectivity index (χ0) is 49.1. The molecule has 27 heteroatoms. The lowest BCUT2D eigenvalue weighted by atomic mass is 10.1. The maximum Gasteiger partial charge on any atom is 0.320 e. The summed E-state index contributed by atoms with van der Waals surface area (Å²) in [7, 11) is -11.2. The molecule has 0 aliphatic carbocycles. The number of anilines is 4. The molecule has 24 nitrogen and oxygen atoms in total. The number of ether oxygens (including phenoxy) is 2. The summed E-state index contributed by atoms with van der Waals surface area (Å²) in [5, 5.41) is 52.5. The molecule has 0 aliphatic rings. The van der Waals surface area contributed by atoms with Crippen LogP contribution < -0.4 is 20.1 Å². The zero-order valence-corrected chi connectivity index (χ0v) is 37.9. The molecule has 0 bridgehead atoms. The second-order valence-corrected chi connectivity index (χ2v) is 18.4. The predicted molar refractivity (Wildman–Crippen MR) is 244 cm³/mol. The number of phenols is 1. The molecule has 7 aromatic rings. The van der Waals surface area contributed by atoms with E-state index in [0.717, 1.165) is 18.2 Å². The summed E-state index contributed by atoms with van der Waals surface area (Å²) >= 11 is 0. The number of aryl methyl sites for hydroxylation is 2. The zero-order valence-electron chi connectivity index (χ0n) is 35.5. The van der Waals surface area contributed by atoms with Gasteiger partial charge in [-0.1, -0.05) is 6.07 Å². The van der Waals surface area contributed by atoms with Gasteiger partial charge in [0, 0.05) is 28.9 Å². The molecular formula is C41H35N11O13S3. The lowest BCUT2D eigenvalue weighted by molar-refractivity contribution is 0.415. The smallest absolute Gasteiger partial charge is 0.320 e. The van der Waals surface area contributed by atoms with Crippen molar-refractivity contribution < 1.29 is 58.6 Å². The Balaban J connectivity index is 1.13. The monoisotopic (exact) mass is 985 g/mol. The predicted octanol–water partition coefficient (Wildman–Crippen LogP) is 9.54. The minimum atomic E-state index is -5.04. The van der Waals surface area contributed by atoms with Crippen molar-refractivity contribution in [1.82, 2.24) is 15.0 Å². The van der Waals surface area contributed by atoms with Crippen molar-refractivity contribution in [2.24, 2.45) is 30.7 Å². The van der Waals surface area contributed by atoms with Crippen molar-refractivity contribution >= 4 is 98.5 Å². The Kier molecular flexibility index (Phi) is 13.4. The topological polar surface area (TPSA) is 359 Å². The molecule has 0 saturated carbocycles. The number of nitrogens with zero attached hydrogens (tertiary/aromatic N) is 9. The molecule has 0 spiro atoms. The largest absolute Gasteiger partial charge is 0.505 e. The first-order valence-electron chi connectivity index (χ1n) is 19.1. The Morgan fingerprint density at radius 2 is 1.06 bits per heavy atom. The van der Waals surface area contributed by atoms with Gasteiger partial charge in [-0.05, 0) is 109 Å². The molecule has 7 N–H and O–H groups in total. The second-order valence-electron chi connectivity index (χ2n) is 14.2. The quantitative estimate of drug-likeness (QED) is 0.0371. The molecule has 350 valence electrons. The van der Waals surface area contributed by atoms with Crippen molar-refractivity contribution in [2.45, 2.75) is 28.5 Å². The number of aromatic nitrogens is 3. The van der Waals surface area contributed by atoms with E-state index in [1.54, 1.807) is 26.0 Å². The highest BCUT2D eigenvalue weighted by atomic mass is 32.2. The maximum atomic E-state index is 12.7. The minimum Gasteiger partial charge on any atom is -0.505 e. The van der Waals surface area contributed by atoms with Crippen molar-refractivity contribution in [1.29, 1.82) is 0 Å². The Labute approximate surface area is 386 Å². The highest BCUT2D eigenvalue weighted by Gasteiger charge is 2.23. The van der Waals surface area contributed by atoms with E-state index in [1.165, 1.54) is 80.9 Å². The number of rotatable bonds is 15. The average Bonchev–Trinajstić information content (AvgIpc) is 3.27. The Hall–Kier alpha value is -8.08. The SMILES string of the molecule is COc1cc(N=Nc2ccc(S(=O)(=O)O)cc2)c(C)cc1N=Nc1cc(OC)c(N=Nc2c(S(=O)(=O)O)cc3cc(Nc4nc(O)nc(Nc5cccc(S(=O)(=O)O)c5)n4)ccc3c2O)cc1C. The van der Waals surface area contributed by atoms with Crippen LogP contribution in [-0.2, 0) is 30.4 Å². The third-order valence-electron chi connectivity index (χ3n) is 9.52.